The fraction of sp³-hybridized carbons (Fsp3) is 0.930. The van der Waals surface area contributed by atoms with E-state index in [1.807, 2.05) is 0 Å². The predicted molar refractivity (Wildman–Crippen MR) is 215 cm³/mol. The van der Waals surface area contributed by atoms with Crippen LogP contribution in [-0.2, 0) is 28.6 Å². The molecule has 0 heterocycles. The average Bonchev–Trinajstić information content (AvgIpc) is 3.13. The maximum Gasteiger partial charge on any atom is 0.305 e. The van der Waals surface area contributed by atoms with E-state index in [1.54, 1.807) is 0 Å². The summed E-state index contributed by atoms with van der Waals surface area (Å²) in [6.07, 6.45) is 27.3. The van der Waals surface area contributed by atoms with E-state index < -0.39 is 0 Å². The molecule has 0 unspecified atom stereocenters. The van der Waals surface area contributed by atoms with Crippen LogP contribution in [0.5, 0.6) is 0 Å². The Kier molecular flexibility index (Phi) is 39.1. The van der Waals surface area contributed by atoms with Crippen LogP contribution in [0.2, 0.25) is 0 Å². The second-order valence-electron chi connectivity index (χ2n) is 14.7. The van der Waals surface area contributed by atoms with E-state index >= 15 is 0 Å². The van der Waals surface area contributed by atoms with Crippen molar-refractivity contribution >= 4 is 17.9 Å². The standard InChI is InChI=1S/C43H84N2O7/c1-4-7-10-13-25-38-50-41(47)28-19-16-22-31-44(32-23-17-20-29-42(48)51-39-26-14-11-8-5-2)34-35-45(36-37-46)33-24-18-21-30-43(49)52-40-27-15-12-9-6-3/h46H,4-40H2,1-3H3. The van der Waals surface area contributed by atoms with Crippen LogP contribution in [0.1, 0.15) is 194 Å². The van der Waals surface area contributed by atoms with E-state index in [9.17, 15) is 19.5 Å². The highest BCUT2D eigenvalue weighted by Gasteiger charge is 2.11. The molecule has 1 N–H and O–H groups in total. The molecule has 0 aromatic heterocycles. The van der Waals surface area contributed by atoms with Crippen LogP contribution >= 0.6 is 0 Å². The van der Waals surface area contributed by atoms with Crippen LogP contribution in [-0.4, -0.2) is 98.5 Å². The number of carbonyl (C=O) groups excluding carboxylic acids is 3. The molecule has 0 aliphatic rings. The summed E-state index contributed by atoms with van der Waals surface area (Å²) in [5.74, 6) is -0.226. The number of unbranched alkanes of at least 4 members (excludes halogenated alkanes) is 18. The Bertz CT molecular complexity index is 759. The second kappa shape index (κ2) is 40.5. The van der Waals surface area contributed by atoms with Crippen molar-refractivity contribution in [3.8, 4) is 0 Å². The highest BCUT2D eigenvalue weighted by molar-refractivity contribution is 5.69. The minimum absolute atomic E-state index is 0.0725. The lowest BCUT2D eigenvalue weighted by Crippen LogP contribution is -2.38. The average molecular weight is 741 g/mol. The Hall–Kier alpha value is -1.71. The van der Waals surface area contributed by atoms with Gasteiger partial charge in [-0.3, -0.25) is 19.3 Å². The Morgan fingerprint density at radius 2 is 0.654 bits per heavy atom. The maximum absolute atomic E-state index is 12.2. The quantitative estimate of drug-likeness (QED) is 0.0373. The van der Waals surface area contributed by atoms with Crippen LogP contribution in [0.4, 0.5) is 0 Å². The van der Waals surface area contributed by atoms with Crippen molar-refractivity contribution in [3.05, 3.63) is 0 Å². The minimum Gasteiger partial charge on any atom is -0.466 e. The van der Waals surface area contributed by atoms with E-state index in [4.69, 9.17) is 14.2 Å². The zero-order valence-electron chi connectivity index (χ0n) is 34.5. The fourth-order valence-corrected chi connectivity index (χ4v) is 6.33. The highest BCUT2D eigenvalue weighted by Crippen LogP contribution is 2.11. The number of nitrogens with zero attached hydrogens (tertiary/aromatic N) is 2. The molecule has 0 saturated heterocycles. The number of esters is 3. The van der Waals surface area contributed by atoms with Crippen molar-refractivity contribution in [1.82, 2.24) is 9.80 Å². The van der Waals surface area contributed by atoms with Crippen LogP contribution < -0.4 is 0 Å². The van der Waals surface area contributed by atoms with Gasteiger partial charge in [-0.2, -0.15) is 0 Å². The lowest BCUT2D eigenvalue weighted by Gasteiger charge is -2.27. The molecule has 52 heavy (non-hydrogen) atoms. The molecule has 9 nitrogen and oxygen atoms in total. The van der Waals surface area contributed by atoms with Crippen molar-refractivity contribution in [2.24, 2.45) is 0 Å². The van der Waals surface area contributed by atoms with E-state index in [0.717, 1.165) is 129 Å². The first kappa shape index (κ1) is 50.3. The summed E-state index contributed by atoms with van der Waals surface area (Å²) in [7, 11) is 0. The predicted octanol–water partition coefficient (Wildman–Crippen LogP) is 9.80. The maximum atomic E-state index is 12.2. The molecule has 0 aliphatic heterocycles. The van der Waals surface area contributed by atoms with Gasteiger partial charge in [-0.1, -0.05) is 117 Å². The van der Waals surface area contributed by atoms with Gasteiger partial charge in [0.2, 0.25) is 0 Å². The number of hydrogen-bond donors (Lipinski definition) is 1. The highest BCUT2D eigenvalue weighted by atomic mass is 16.5. The molecule has 9 heteroatoms. The first-order valence-electron chi connectivity index (χ1n) is 22.0. The summed E-state index contributed by atoms with van der Waals surface area (Å²) in [5, 5.41) is 9.73. The van der Waals surface area contributed by atoms with Gasteiger partial charge in [0.05, 0.1) is 26.4 Å². The second-order valence-corrected chi connectivity index (χ2v) is 14.7. The lowest BCUT2D eigenvalue weighted by atomic mass is 10.1. The topological polar surface area (TPSA) is 106 Å². The Balaban J connectivity index is 4.53. The lowest BCUT2D eigenvalue weighted by molar-refractivity contribution is -0.144. The number of carbonyl (C=O) groups is 3. The number of rotatable bonds is 41. The smallest absolute Gasteiger partial charge is 0.305 e. The van der Waals surface area contributed by atoms with Gasteiger partial charge in [0, 0.05) is 38.9 Å². The van der Waals surface area contributed by atoms with Gasteiger partial charge in [0.25, 0.3) is 0 Å². The normalized spacial score (nSPS) is 11.4. The molecule has 0 radical (unpaired) electrons. The van der Waals surface area contributed by atoms with Gasteiger partial charge >= 0.3 is 17.9 Å². The summed E-state index contributed by atoms with van der Waals surface area (Å²) in [5.41, 5.74) is 0. The summed E-state index contributed by atoms with van der Waals surface area (Å²) in [4.78, 5) is 41.2. The molecular formula is C43H84N2O7. The zero-order valence-corrected chi connectivity index (χ0v) is 34.5. The zero-order chi connectivity index (χ0) is 38.2. The summed E-state index contributed by atoms with van der Waals surface area (Å²) >= 11 is 0. The van der Waals surface area contributed by atoms with Gasteiger partial charge in [-0.05, 0) is 77.4 Å². The first-order chi connectivity index (χ1) is 25.5. The van der Waals surface area contributed by atoms with Crippen LogP contribution in [0.3, 0.4) is 0 Å². The van der Waals surface area contributed by atoms with E-state index in [0.29, 0.717) is 45.6 Å². The van der Waals surface area contributed by atoms with Crippen LogP contribution in [0, 0.1) is 0 Å². The Morgan fingerprint density at radius 3 is 0.962 bits per heavy atom. The SMILES string of the molecule is CCCCCCCOC(=O)CCCCCN(CCO)CCN(CCCCCC(=O)OCCCCCCC)CCCCCC(=O)OCCCCCCC. The molecule has 0 amide bonds. The largest absolute Gasteiger partial charge is 0.466 e. The first-order valence-corrected chi connectivity index (χ1v) is 22.0. The van der Waals surface area contributed by atoms with Gasteiger partial charge in [-0.25, -0.2) is 0 Å². The van der Waals surface area contributed by atoms with E-state index in [1.165, 1.54) is 57.8 Å². The van der Waals surface area contributed by atoms with E-state index in [2.05, 4.69) is 30.6 Å². The van der Waals surface area contributed by atoms with Crippen molar-refractivity contribution in [2.75, 3.05) is 65.7 Å². The fourth-order valence-electron chi connectivity index (χ4n) is 6.33. The van der Waals surface area contributed by atoms with Crippen molar-refractivity contribution in [1.29, 1.82) is 0 Å². The Labute approximate surface area is 320 Å². The van der Waals surface area contributed by atoms with Crippen molar-refractivity contribution in [2.45, 2.75) is 194 Å². The number of hydrogen-bond acceptors (Lipinski definition) is 9. The van der Waals surface area contributed by atoms with Crippen molar-refractivity contribution < 1.29 is 33.7 Å². The third-order valence-corrected chi connectivity index (χ3v) is 9.75. The molecule has 0 aromatic carbocycles. The van der Waals surface area contributed by atoms with Gasteiger partial charge < -0.3 is 24.2 Å². The Morgan fingerprint density at radius 1 is 0.365 bits per heavy atom. The summed E-state index contributed by atoms with van der Waals surface area (Å²) in [6.45, 7) is 13.7. The third-order valence-electron chi connectivity index (χ3n) is 9.75. The molecule has 0 fully saturated rings. The number of ether oxygens (including phenoxy) is 3. The monoisotopic (exact) mass is 741 g/mol. The third kappa shape index (κ3) is 36.6. The molecule has 0 bridgehead atoms. The van der Waals surface area contributed by atoms with E-state index in [-0.39, 0.29) is 24.5 Å². The molecule has 308 valence electrons. The number of aliphatic hydroxyl groups is 1. The molecule has 0 aliphatic carbocycles. The molecule has 0 atom stereocenters. The van der Waals surface area contributed by atoms with Gasteiger partial charge in [-0.15, -0.1) is 0 Å². The number of aliphatic hydroxyl groups excluding tert-OH is 1. The molecule has 0 spiro atoms. The summed E-state index contributed by atoms with van der Waals surface area (Å²) < 4.78 is 16.3. The summed E-state index contributed by atoms with van der Waals surface area (Å²) in [6, 6.07) is 0. The van der Waals surface area contributed by atoms with Crippen LogP contribution in [0.25, 0.3) is 0 Å². The molecule has 0 saturated carbocycles. The molecular weight excluding hydrogens is 656 g/mol. The van der Waals surface area contributed by atoms with Crippen molar-refractivity contribution in [3.63, 3.8) is 0 Å². The molecule has 0 aromatic rings. The minimum atomic E-state index is -0.0808. The molecule has 0 rings (SSSR count). The van der Waals surface area contributed by atoms with Gasteiger partial charge in [0.1, 0.15) is 0 Å². The van der Waals surface area contributed by atoms with Crippen LogP contribution in [0.15, 0.2) is 0 Å². The van der Waals surface area contributed by atoms with Gasteiger partial charge in [0.15, 0.2) is 0 Å².